The van der Waals surface area contributed by atoms with Crippen LogP contribution in [-0.2, 0) is 14.4 Å². The summed E-state index contributed by atoms with van der Waals surface area (Å²) >= 11 is 0. The topological polar surface area (TPSA) is 92.8 Å². The van der Waals surface area contributed by atoms with Crippen LogP contribution in [0.1, 0.15) is 38.6 Å². The fraction of sp³-hybridized carbons (Fsp3) is 0.111. The van der Waals surface area contributed by atoms with Crippen LogP contribution in [0.4, 0.5) is 10.1 Å². The van der Waals surface area contributed by atoms with Gasteiger partial charge in [-0.2, -0.15) is 0 Å². The molecule has 8 heteroatoms. The van der Waals surface area contributed by atoms with E-state index in [9.17, 15) is 23.6 Å². The molecule has 3 amide bonds. The third-order valence-corrected chi connectivity index (χ3v) is 4.31. The summed E-state index contributed by atoms with van der Waals surface area (Å²) in [5, 5.41) is 2.76. The molecule has 2 aromatic rings. The van der Waals surface area contributed by atoms with E-state index < -0.39 is 41.8 Å². The molecule has 2 aliphatic rings. The third kappa shape index (κ3) is 2.34. The Hall–Kier alpha value is -3.55. The molecule has 7 nitrogen and oxygen atoms in total. The van der Waals surface area contributed by atoms with Crippen molar-refractivity contribution in [3.05, 3.63) is 65.0 Å². The van der Waals surface area contributed by atoms with Crippen LogP contribution >= 0.6 is 0 Å². The Morgan fingerprint density at radius 1 is 1.04 bits per heavy atom. The van der Waals surface area contributed by atoms with E-state index >= 15 is 0 Å². The van der Waals surface area contributed by atoms with Crippen LogP contribution in [-0.4, -0.2) is 28.8 Å². The lowest BCUT2D eigenvalue weighted by Crippen LogP contribution is -2.33. The van der Waals surface area contributed by atoms with Crippen molar-refractivity contribution in [2.45, 2.75) is 12.3 Å². The molecule has 0 saturated heterocycles. The SMILES string of the molecule is O=C(CC1C(=O)Nc2c(F)cccc21)ON1C(=O)c2ccccc2C1=O. The van der Waals surface area contributed by atoms with Gasteiger partial charge >= 0.3 is 5.97 Å². The van der Waals surface area contributed by atoms with Gasteiger partial charge in [0.05, 0.1) is 29.2 Å². The lowest BCUT2D eigenvalue weighted by atomic mass is 9.97. The van der Waals surface area contributed by atoms with Crippen molar-refractivity contribution < 1.29 is 28.4 Å². The quantitative estimate of drug-likeness (QED) is 0.851. The number of hydroxylamine groups is 2. The molecule has 130 valence electrons. The number of halogens is 1. The first-order valence-electron chi connectivity index (χ1n) is 7.75. The maximum Gasteiger partial charge on any atom is 0.334 e. The standard InChI is InChI=1S/C18H11FN2O5/c19-13-7-3-6-9-12(16(23)20-15(9)13)8-14(22)26-21-17(24)10-4-1-2-5-11(10)18(21)25/h1-7,12H,8H2,(H,20,23). The molecular weight excluding hydrogens is 343 g/mol. The summed E-state index contributed by atoms with van der Waals surface area (Å²) in [5.74, 6) is -4.56. The molecule has 1 N–H and O–H groups in total. The number of anilines is 1. The molecule has 0 fully saturated rings. The predicted molar refractivity (Wildman–Crippen MR) is 85.4 cm³/mol. The van der Waals surface area contributed by atoms with E-state index in [1.807, 2.05) is 0 Å². The first kappa shape index (κ1) is 15.9. The van der Waals surface area contributed by atoms with Crippen LogP contribution in [0.2, 0.25) is 0 Å². The molecule has 0 saturated carbocycles. The molecule has 0 bridgehead atoms. The Bertz CT molecular complexity index is 952. The average molecular weight is 354 g/mol. The van der Waals surface area contributed by atoms with Crippen molar-refractivity contribution in [1.29, 1.82) is 0 Å². The zero-order valence-electron chi connectivity index (χ0n) is 13.2. The van der Waals surface area contributed by atoms with Crippen molar-refractivity contribution in [1.82, 2.24) is 5.06 Å². The largest absolute Gasteiger partial charge is 0.334 e. The predicted octanol–water partition coefficient (Wildman–Crippen LogP) is 2.01. The number of nitrogens with one attached hydrogen (secondary N) is 1. The highest BCUT2D eigenvalue weighted by Crippen LogP contribution is 2.36. The second-order valence-corrected chi connectivity index (χ2v) is 5.86. The van der Waals surface area contributed by atoms with Crippen LogP contribution in [0.3, 0.4) is 0 Å². The zero-order chi connectivity index (χ0) is 18.4. The van der Waals surface area contributed by atoms with Gasteiger partial charge < -0.3 is 10.2 Å². The third-order valence-electron chi connectivity index (χ3n) is 4.31. The van der Waals surface area contributed by atoms with Crippen molar-refractivity contribution in [3.8, 4) is 0 Å². The number of hydrogen-bond donors (Lipinski definition) is 1. The number of benzene rings is 2. The summed E-state index contributed by atoms with van der Waals surface area (Å²) < 4.78 is 13.7. The molecule has 0 radical (unpaired) electrons. The maximum atomic E-state index is 13.7. The number of para-hydroxylation sites is 1. The summed E-state index contributed by atoms with van der Waals surface area (Å²) in [4.78, 5) is 53.5. The first-order valence-corrected chi connectivity index (χ1v) is 7.75. The maximum absolute atomic E-state index is 13.7. The van der Waals surface area contributed by atoms with Gasteiger partial charge in [-0.1, -0.05) is 29.3 Å². The van der Waals surface area contributed by atoms with Gasteiger partial charge in [0, 0.05) is 0 Å². The van der Waals surface area contributed by atoms with Crippen LogP contribution in [0.25, 0.3) is 0 Å². The van der Waals surface area contributed by atoms with E-state index in [1.165, 1.54) is 30.3 Å². The number of rotatable bonds is 3. The fourth-order valence-corrected chi connectivity index (χ4v) is 3.07. The number of imide groups is 1. The minimum atomic E-state index is -0.955. The summed E-state index contributed by atoms with van der Waals surface area (Å²) in [6.07, 6.45) is -0.435. The van der Waals surface area contributed by atoms with Crippen LogP contribution in [0.15, 0.2) is 42.5 Å². The molecular formula is C18H11FN2O5. The van der Waals surface area contributed by atoms with Crippen molar-refractivity contribution in [2.24, 2.45) is 0 Å². The summed E-state index contributed by atoms with van der Waals surface area (Å²) in [6, 6.07) is 10.2. The number of carbonyl (C=O) groups excluding carboxylic acids is 4. The van der Waals surface area contributed by atoms with E-state index in [4.69, 9.17) is 4.84 Å². The van der Waals surface area contributed by atoms with Crippen molar-refractivity contribution in [2.75, 3.05) is 5.32 Å². The van der Waals surface area contributed by atoms with Crippen LogP contribution in [0, 0.1) is 5.82 Å². The van der Waals surface area contributed by atoms with Gasteiger partial charge in [0.15, 0.2) is 0 Å². The van der Waals surface area contributed by atoms with Gasteiger partial charge in [0.25, 0.3) is 11.8 Å². The number of nitrogens with zero attached hydrogens (tertiary/aromatic N) is 1. The average Bonchev–Trinajstić information content (AvgIpc) is 3.07. The van der Waals surface area contributed by atoms with E-state index in [0.717, 1.165) is 0 Å². The van der Waals surface area contributed by atoms with Gasteiger partial charge in [-0.25, -0.2) is 9.18 Å². The highest BCUT2D eigenvalue weighted by atomic mass is 19.1. The van der Waals surface area contributed by atoms with E-state index in [0.29, 0.717) is 10.6 Å². The summed E-state index contributed by atoms with van der Waals surface area (Å²) in [5.41, 5.74) is 0.623. The molecule has 0 aliphatic carbocycles. The van der Waals surface area contributed by atoms with Gasteiger partial charge in [-0.3, -0.25) is 14.4 Å². The van der Waals surface area contributed by atoms with Gasteiger partial charge in [-0.05, 0) is 23.8 Å². The zero-order valence-corrected chi connectivity index (χ0v) is 13.2. The van der Waals surface area contributed by atoms with Crippen molar-refractivity contribution in [3.63, 3.8) is 0 Å². The lowest BCUT2D eigenvalue weighted by Gasteiger charge is -2.14. The summed E-state index contributed by atoms with van der Waals surface area (Å²) in [6.45, 7) is 0. The van der Waals surface area contributed by atoms with Crippen LogP contribution < -0.4 is 5.32 Å². The molecule has 1 unspecified atom stereocenters. The monoisotopic (exact) mass is 354 g/mol. The molecule has 2 heterocycles. The molecule has 26 heavy (non-hydrogen) atoms. The Morgan fingerprint density at radius 2 is 1.69 bits per heavy atom. The minimum Gasteiger partial charge on any atom is -0.330 e. The van der Waals surface area contributed by atoms with Gasteiger partial charge in [-0.15, -0.1) is 0 Å². The molecule has 4 rings (SSSR count). The number of amides is 3. The Kier molecular flexibility index (Phi) is 3.54. The summed E-state index contributed by atoms with van der Waals surface area (Å²) in [7, 11) is 0. The van der Waals surface area contributed by atoms with Gasteiger partial charge in [0.2, 0.25) is 5.91 Å². The van der Waals surface area contributed by atoms with E-state index in [-0.39, 0.29) is 16.8 Å². The van der Waals surface area contributed by atoms with Gasteiger partial charge in [0.1, 0.15) is 5.82 Å². The number of fused-ring (bicyclic) bond motifs is 2. The Morgan fingerprint density at radius 3 is 2.35 bits per heavy atom. The van der Waals surface area contributed by atoms with E-state index in [2.05, 4.69) is 5.32 Å². The second kappa shape index (κ2) is 5.76. The second-order valence-electron chi connectivity index (χ2n) is 5.86. The van der Waals surface area contributed by atoms with Crippen LogP contribution in [0.5, 0.6) is 0 Å². The highest BCUT2D eigenvalue weighted by Gasteiger charge is 2.40. The van der Waals surface area contributed by atoms with E-state index in [1.54, 1.807) is 12.1 Å². The highest BCUT2D eigenvalue weighted by molar-refractivity contribution is 6.21. The number of hydrogen-bond acceptors (Lipinski definition) is 5. The molecule has 1 atom stereocenters. The molecule has 2 aromatic carbocycles. The first-order chi connectivity index (χ1) is 12.5. The normalized spacial score (nSPS) is 17.8. The smallest absolute Gasteiger partial charge is 0.330 e. The molecule has 2 aliphatic heterocycles. The molecule has 0 spiro atoms. The molecule has 0 aromatic heterocycles. The number of carbonyl (C=O) groups is 4. The lowest BCUT2D eigenvalue weighted by molar-refractivity contribution is -0.169. The van der Waals surface area contributed by atoms with Crippen molar-refractivity contribution >= 4 is 29.4 Å². The fourth-order valence-electron chi connectivity index (χ4n) is 3.07. The minimum absolute atomic E-state index is 0.0241. The Labute approximate surface area is 146 Å². The Balaban J connectivity index is 1.51.